The van der Waals surface area contributed by atoms with Crippen LogP contribution >= 0.6 is 24.2 Å². The predicted octanol–water partition coefficient (Wildman–Crippen LogP) is 3.60. The minimum absolute atomic E-state index is 0. The van der Waals surface area contributed by atoms with Gasteiger partial charge in [0.05, 0.1) is 13.2 Å². The van der Waals surface area contributed by atoms with Crippen molar-refractivity contribution >= 4 is 30.1 Å². The van der Waals surface area contributed by atoms with Crippen molar-refractivity contribution in [3.63, 3.8) is 0 Å². The highest BCUT2D eigenvalue weighted by molar-refractivity contribution is 7.99. The molecular weight excluding hydrogens is 384 g/mol. The molecule has 1 amide bonds. The molecule has 0 saturated carbocycles. The Kier molecular flexibility index (Phi) is 9.59. The van der Waals surface area contributed by atoms with E-state index in [2.05, 4.69) is 11.4 Å². The first-order valence-corrected chi connectivity index (χ1v) is 10.7. The molecule has 0 aromatic heterocycles. The van der Waals surface area contributed by atoms with E-state index < -0.39 is 0 Å². The molecule has 2 heterocycles. The second-order valence-corrected chi connectivity index (χ2v) is 8.14. The second kappa shape index (κ2) is 11.7. The van der Waals surface area contributed by atoms with Gasteiger partial charge in [-0.15, -0.1) is 24.2 Å². The number of rotatable bonds is 7. The summed E-state index contributed by atoms with van der Waals surface area (Å²) in [4.78, 5) is 15.6. The highest BCUT2D eigenvalue weighted by atomic mass is 35.5. The average molecular weight is 415 g/mol. The monoisotopic (exact) mass is 414 g/mol. The molecule has 1 N–H and O–H groups in total. The Morgan fingerprint density at radius 3 is 2.70 bits per heavy atom. The summed E-state index contributed by atoms with van der Waals surface area (Å²) in [6.45, 7) is 4.32. The molecule has 0 radical (unpaired) electrons. The molecule has 152 valence electrons. The van der Waals surface area contributed by atoms with Crippen LogP contribution in [0.25, 0.3) is 0 Å². The van der Waals surface area contributed by atoms with E-state index in [0.29, 0.717) is 25.5 Å². The van der Waals surface area contributed by atoms with Gasteiger partial charge in [-0.25, -0.2) is 0 Å². The van der Waals surface area contributed by atoms with E-state index in [9.17, 15) is 4.79 Å². The number of hydrogen-bond acceptors (Lipinski definition) is 5. The molecule has 1 aromatic rings. The molecule has 1 saturated heterocycles. The molecule has 0 spiro atoms. The van der Waals surface area contributed by atoms with Crippen LogP contribution < -0.4 is 14.8 Å². The first kappa shape index (κ1) is 22.2. The van der Waals surface area contributed by atoms with E-state index in [0.717, 1.165) is 67.0 Å². The third-order valence-corrected chi connectivity index (χ3v) is 6.07. The number of piperidine rings is 1. The van der Waals surface area contributed by atoms with Crippen molar-refractivity contribution in [1.82, 2.24) is 10.2 Å². The largest absolute Gasteiger partial charge is 0.490 e. The molecule has 0 unspecified atom stereocenters. The Morgan fingerprint density at radius 2 is 1.96 bits per heavy atom. The molecule has 3 rings (SSSR count). The Morgan fingerprint density at radius 1 is 1.22 bits per heavy atom. The van der Waals surface area contributed by atoms with Crippen molar-refractivity contribution in [1.29, 1.82) is 0 Å². The van der Waals surface area contributed by atoms with Crippen LogP contribution in [0.3, 0.4) is 0 Å². The van der Waals surface area contributed by atoms with E-state index >= 15 is 0 Å². The highest BCUT2D eigenvalue weighted by Gasteiger charge is 2.22. The number of nitrogens with one attached hydrogen (secondary N) is 1. The number of likely N-dealkylation sites (tertiary alicyclic amines) is 1. The van der Waals surface area contributed by atoms with Gasteiger partial charge in [0.1, 0.15) is 0 Å². The third kappa shape index (κ3) is 6.77. The normalized spacial score (nSPS) is 17.1. The van der Waals surface area contributed by atoms with Crippen LogP contribution in [0.4, 0.5) is 0 Å². The first-order chi connectivity index (χ1) is 12.8. The number of nitrogens with zero attached hydrogens (tertiary/aromatic N) is 1. The Balaban J connectivity index is 0.00000261. The van der Waals surface area contributed by atoms with Gasteiger partial charge in [0.25, 0.3) is 0 Å². The van der Waals surface area contributed by atoms with Crippen LogP contribution in [-0.4, -0.2) is 56.5 Å². The summed E-state index contributed by atoms with van der Waals surface area (Å²) < 4.78 is 11.4. The number of halogens is 1. The lowest BCUT2D eigenvalue weighted by Gasteiger charge is -2.32. The van der Waals surface area contributed by atoms with Crippen molar-refractivity contribution in [3.8, 4) is 11.5 Å². The number of fused-ring (bicyclic) bond motifs is 1. The number of ether oxygens (including phenoxy) is 2. The molecule has 0 aliphatic carbocycles. The number of benzene rings is 1. The second-order valence-electron chi connectivity index (χ2n) is 6.97. The van der Waals surface area contributed by atoms with Gasteiger partial charge in [0.2, 0.25) is 5.91 Å². The summed E-state index contributed by atoms with van der Waals surface area (Å²) in [5.74, 6) is 3.51. The molecule has 27 heavy (non-hydrogen) atoms. The lowest BCUT2D eigenvalue weighted by Crippen LogP contribution is -2.39. The Labute approximate surface area is 173 Å². The number of hydrogen-bond donors (Lipinski definition) is 1. The summed E-state index contributed by atoms with van der Waals surface area (Å²) in [6.07, 6.45) is 5.02. The van der Waals surface area contributed by atoms with Gasteiger partial charge in [0.15, 0.2) is 11.5 Å². The van der Waals surface area contributed by atoms with Gasteiger partial charge in [0, 0.05) is 36.6 Å². The van der Waals surface area contributed by atoms with Crippen molar-refractivity contribution in [3.05, 3.63) is 18.2 Å². The van der Waals surface area contributed by atoms with Gasteiger partial charge in [-0.05, 0) is 57.0 Å². The molecule has 0 atom stereocenters. The third-order valence-electron chi connectivity index (χ3n) is 5.07. The van der Waals surface area contributed by atoms with Crippen molar-refractivity contribution < 1.29 is 14.3 Å². The van der Waals surface area contributed by atoms with Crippen molar-refractivity contribution in [2.24, 2.45) is 5.92 Å². The lowest BCUT2D eigenvalue weighted by molar-refractivity contribution is -0.132. The standard InChI is InChI=1S/C20H30N2O3S.ClH/c1-21-9-5-16-6-10-22(11-7-16)20(23)8-14-26-17-3-4-18-19(15-17)25-13-2-12-24-18;/h3-4,15-16,21H,2,5-14H2,1H3;1H. The summed E-state index contributed by atoms with van der Waals surface area (Å²) in [7, 11) is 2.00. The Hall–Kier alpha value is -1.11. The highest BCUT2D eigenvalue weighted by Crippen LogP contribution is 2.34. The van der Waals surface area contributed by atoms with Gasteiger partial charge >= 0.3 is 0 Å². The fourth-order valence-corrected chi connectivity index (χ4v) is 4.33. The summed E-state index contributed by atoms with van der Waals surface area (Å²) in [5.41, 5.74) is 0. The zero-order valence-corrected chi connectivity index (χ0v) is 17.7. The van der Waals surface area contributed by atoms with Crippen molar-refractivity contribution in [2.75, 3.05) is 45.6 Å². The van der Waals surface area contributed by atoms with Crippen LogP contribution in [0, 0.1) is 5.92 Å². The number of amides is 1. The van der Waals surface area contributed by atoms with Crippen LogP contribution in [0.15, 0.2) is 23.1 Å². The zero-order valence-electron chi connectivity index (χ0n) is 16.1. The zero-order chi connectivity index (χ0) is 18.2. The maximum atomic E-state index is 12.4. The van der Waals surface area contributed by atoms with Gasteiger partial charge in [-0.2, -0.15) is 0 Å². The van der Waals surface area contributed by atoms with Crippen molar-refractivity contribution in [2.45, 2.75) is 37.0 Å². The summed E-state index contributed by atoms with van der Waals surface area (Å²) >= 11 is 1.71. The molecule has 1 aromatic carbocycles. The summed E-state index contributed by atoms with van der Waals surface area (Å²) in [6, 6.07) is 6.06. The fourth-order valence-electron chi connectivity index (χ4n) is 3.47. The van der Waals surface area contributed by atoms with E-state index in [1.807, 2.05) is 24.1 Å². The smallest absolute Gasteiger partial charge is 0.223 e. The summed E-state index contributed by atoms with van der Waals surface area (Å²) in [5, 5.41) is 3.21. The molecule has 1 fully saturated rings. The van der Waals surface area contributed by atoms with Gasteiger partial charge in [-0.1, -0.05) is 0 Å². The van der Waals surface area contributed by atoms with Crippen LogP contribution in [-0.2, 0) is 4.79 Å². The molecule has 2 aliphatic heterocycles. The van der Waals surface area contributed by atoms with Gasteiger partial charge in [-0.3, -0.25) is 4.79 Å². The predicted molar refractivity (Wildman–Crippen MR) is 112 cm³/mol. The minimum Gasteiger partial charge on any atom is -0.490 e. The molecule has 2 aliphatic rings. The maximum absolute atomic E-state index is 12.4. The quantitative estimate of drug-likeness (QED) is 0.691. The Bertz CT molecular complexity index is 595. The number of carbonyl (C=O) groups is 1. The molecular formula is C20H31ClN2O3S. The first-order valence-electron chi connectivity index (χ1n) is 9.71. The topological polar surface area (TPSA) is 50.8 Å². The van der Waals surface area contributed by atoms with Gasteiger partial charge < -0.3 is 19.7 Å². The maximum Gasteiger partial charge on any atom is 0.223 e. The van der Waals surface area contributed by atoms with E-state index in [1.165, 1.54) is 6.42 Å². The van der Waals surface area contributed by atoms with E-state index in [1.54, 1.807) is 11.8 Å². The number of thioether (sulfide) groups is 1. The molecule has 0 bridgehead atoms. The van der Waals surface area contributed by atoms with Crippen LogP contribution in [0.1, 0.15) is 32.1 Å². The minimum atomic E-state index is 0. The fraction of sp³-hybridized carbons (Fsp3) is 0.650. The molecule has 7 heteroatoms. The van der Waals surface area contributed by atoms with E-state index in [4.69, 9.17) is 9.47 Å². The number of carbonyl (C=O) groups excluding carboxylic acids is 1. The average Bonchev–Trinajstić information content (AvgIpc) is 2.91. The van der Waals surface area contributed by atoms with Crippen LogP contribution in [0.5, 0.6) is 11.5 Å². The van der Waals surface area contributed by atoms with Crippen LogP contribution in [0.2, 0.25) is 0 Å². The molecule has 5 nitrogen and oxygen atoms in total. The lowest BCUT2D eigenvalue weighted by atomic mass is 9.93. The SMILES string of the molecule is CNCCC1CCN(C(=O)CCSc2ccc3c(c2)OCCCO3)CC1.Cl. The van der Waals surface area contributed by atoms with E-state index in [-0.39, 0.29) is 12.4 Å².